The summed E-state index contributed by atoms with van der Waals surface area (Å²) < 4.78 is 58.0. The minimum absolute atomic E-state index is 0.0415. The van der Waals surface area contributed by atoms with E-state index < -0.39 is 48.2 Å². The molecule has 2 aliphatic rings. The monoisotopic (exact) mass is 642 g/mol. The summed E-state index contributed by atoms with van der Waals surface area (Å²) in [7, 11) is 0. The van der Waals surface area contributed by atoms with Crippen LogP contribution >= 0.6 is 0 Å². The Bertz CT molecular complexity index is 1700. The van der Waals surface area contributed by atoms with Gasteiger partial charge >= 0.3 is 6.18 Å². The number of halogens is 4. The average molecular weight is 643 g/mol. The third kappa shape index (κ3) is 7.20. The highest BCUT2D eigenvalue weighted by Gasteiger charge is 2.49. The Balaban J connectivity index is 1.53. The molecule has 246 valence electrons. The van der Waals surface area contributed by atoms with Gasteiger partial charge in [0, 0.05) is 31.6 Å². The first kappa shape index (κ1) is 33.4. The molecule has 8 nitrogen and oxygen atoms in total. The summed E-state index contributed by atoms with van der Waals surface area (Å²) in [6.07, 6.45) is -1.69. The predicted molar refractivity (Wildman–Crippen MR) is 162 cm³/mol. The van der Waals surface area contributed by atoms with Crippen LogP contribution < -0.4 is 0 Å². The van der Waals surface area contributed by atoms with Crippen LogP contribution in [0.3, 0.4) is 0 Å². The van der Waals surface area contributed by atoms with Gasteiger partial charge in [-0.1, -0.05) is 30.5 Å². The molecule has 1 saturated heterocycles. The molecule has 0 saturated carbocycles. The van der Waals surface area contributed by atoms with Gasteiger partial charge in [-0.15, -0.1) is 0 Å². The van der Waals surface area contributed by atoms with E-state index in [2.05, 4.69) is 10.1 Å². The largest absolute Gasteiger partial charge is 0.433 e. The molecule has 3 aromatic rings. The van der Waals surface area contributed by atoms with E-state index in [9.17, 15) is 32.3 Å². The van der Waals surface area contributed by atoms with Gasteiger partial charge in [0.15, 0.2) is 11.6 Å². The Kier molecular flexibility index (Phi) is 9.47. The molecule has 12 heteroatoms. The number of alkyl halides is 4. The molecule has 1 fully saturated rings. The average Bonchev–Trinajstić information content (AvgIpc) is 3.52. The van der Waals surface area contributed by atoms with E-state index in [1.807, 2.05) is 19.1 Å². The van der Waals surface area contributed by atoms with Gasteiger partial charge < -0.3 is 4.90 Å². The van der Waals surface area contributed by atoms with Gasteiger partial charge in [0.05, 0.1) is 30.2 Å². The lowest BCUT2D eigenvalue weighted by Crippen LogP contribution is -2.43. The highest BCUT2D eigenvalue weighted by atomic mass is 19.4. The van der Waals surface area contributed by atoms with Crippen LogP contribution in [0.1, 0.15) is 96.9 Å². The van der Waals surface area contributed by atoms with Crippen molar-refractivity contribution >= 4 is 34.2 Å². The van der Waals surface area contributed by atoms with Crippen LogP contribution in [0, 0.1) is 13.8 Å². The number of nitrogens with zero attached hydrogens (tertiary/aromatic N) is 4. The van der Waals surface area contributed by atoms with E-state index in [-0.39, 0.29) is 48.8 Å². The molecule has 2 aliphatic heterocycles. The smallest absolute Gasteiger partial charge is 0.328 e. The molecular weight excluding hydrogens is 604 g/mol. The summed E-state index contributed by atoms with van der Waals surface area (Å²) >= 11 is 0. The van der Waals surface area contributed by atoms with Crippen LogP contribution in [0.2, 0.25) is 0 Å². The molecule has 0 unspecified atom stereocenters. The second-order valence-electron chi connectivity index (χ2n) is 12.8. The highest BCUT2D eigenvalue weighted by Crippen LogP contribution is 2.37. The number of hydrogen-bond acceptors (Lipinski definition) is 6. The van der Waals surface area contributed by atoms with Crippen molar-refractivity contribution in [1.29, 1.82) is 0 Å². The number of rotatable bonds is 4. The molecule has 2 atom stereocenters. The van der Waals surface area contributed by atoms with Crippen LogP contribution in [0.4, 0.5) is 17.6 Å². The molecule has 1 amide bonds. The first-order valence-corrected chi connectivity index (χ1v) is 15.7. The zero-order chi connectivity index (χ0) is 33.4. The third-order valence-electron chi connectivity index (χ3n) is 9.10. The maximum absolute atomic E-state index is 16.4. The van der Waals surface area contributed by atoms with Crippen molar-refractivity contribution in [3.05, 3.63) is 58.0 Å². The fourth-order valence-corrected chi connectivity index (χ4v) is 6.69. The summed E-state index contributed by atoms with van der Waals surface area (Å²) in [5, 5.41) is 5.11. The molecule has 2 bridgehead atoms. The molecule has 1 aromatic carbocycles. The number of fused-ring (bicyclic) bond motifs is 2. The minimum atomic E-state index is -4.72. The van der Waals surface area contributed by atoms with Crippen molar-refractivity contribution < 1.29 is 36.7 Å². The molecule has 0 N–H and O–H groups in total. The van der Waals surface area contributed by atoms with E-state index in [0.29, 0.717) is 35.7 Å². The number of hydrogen-bond donors (Lipinski definition) is 0. The van der Waals surface area contributed by atoms with Crippen LogP contribution in [0.5, 0.6) is 0 Å². The zero-order valence-electron chi connectivity index (χ0n) is 26.3. The molecular formula is C34H38F4N4O4. The highest BCUT2D eigenvalue weighted by molar-refractivity contribution is 6.06. The Morgan fingerprint density at radius 1 is 1.02 bits per heavy atom. The minimum Gasteiger partial charge on any atom is -0.328 e. The van der Waals surface area contributed by atoms with Crippen molar-refractivity contribution in [1.82, 2.24) is 19.7 Å². The quantitative estimate of drug-likeness (QED) is 0.247. The van der Waals surface area contributed by atoms with Crippen LogP contribution in [0.15, 0.2) is 24.3 Å². The molecule has 4 heterocycles. The number of aromatic nitrogens is 3. The lowest BCUT2D eigenvalue weighted by Gasteiger charge is -2.24. The third-order valence-corrected chi connectivity index (χ3v) is 9.10. The maximum atomic E-state index is 16.4. The molecule has 2 aromatic heterocycles. The second-order valence-corrected chi connectivity index (χ2v) is 12.8. The number of Topliss-reactive ketones (excluding diaryl/α,β-unsaturated/α-hetero) is 3. The predicted octanol–water partition coefficient (Wildman–Crippen LogP) is 6.25. The standard InChI is InChI=1S/C34H38F4N4O4/c1-20-14-23-8-6-4-5-7-9-24(44)12-13-33(35)17-27(28(45)16-26-21(2)10-11-29(39-26)34(36,37)38)41(19-33)30(46)18-42-32(23)25(15-20)31(40-42)22(3)43/h10-11,14-15,27H,4-9,12-13,16-19H2,1-3H3/t27-,33+/m0/s1. The Morgan fingerprint density at radius 3 is 2.43 bits per heavy atom. The topological polar surface area (TPSA) is 102 Å². The summed E-state index contributed by atoms with van der Waals surface area (Å²) in [5.41, 5.74) is -0.266. The lowest BCUT2D eigenvalue weighted by molar-refractivity contribution is -0.141. The summed E-state index contributed by atoms with van der Waals surface area (Å²) in [4.78, 5) is 57.7. The van der Waals surface area contributed by atoms with Crippen molar-refractivity contribution in [3.8, 4) is 0 Å². The Hall–Kier alpha value is -3.96. The lowest BCUT2D eigenvalue weighted by atomic mass is 9.92. The van der Waals surface area contributed by atoms with Crippen molar-refractivity contribution in [2.45, 2.75) is 109 Å². The summed E-state index contributed by atoms with van der Waals surface area (Å²) in [5.74, 6) is -1.63. The van der Waals surface area contributed by atoms with E-state index in [0.717, 1.165) is 41.4 Å². The Labute approximate surface area is 264 Å². The van der Waals surface area contributed by atoms with Crippen LogP contribution in [0.25, 0.3) is 10.9 Å². The van der Waals surface area contributed by atoms with Gasteiger partial charge in [-0.3, -0.25) is 23.9 Å². The van der Waals surface area contributed by atoms with E-state index >= 15 is 4.39 Å². The SMILES string of the molecule is CC(=O)c1nn2c3c(cc(C)cc13)CCCCCCC(=O)CC[C@@]1(F)C[C@@H](C(=O)Cc3nc(C(F)(F)F)ccc3C)N(C1)C(=O)C2. The Morgan fingerprint density at radius 2 is 1.74 bits per heavy atom. The van der Waals surface area contributed by atoms with Crippen molar-refractivity contribution in [3.63, 3.8) is 0 Å². The maximum Gasteiger partial charge on any atom is 0.433 e. The van der Waals surface area contributed by atoms with Crippen LogP contribution in [-0.2, 0) is 39.9 Å². The van der Waals surface area contributed by atoms with E-state index in [4.69, 9.17) is 0 Å². The fourth-order valence-electron chi connectivity index (χ4n) is 6.69. The van der Waals surface area contributed by atoms with Gasteiger partial charge in [0.2, 0.25) is 5.91 Å². The van der Waals surface area contributed by atoms with Crippen molar-refractivity contribution in [2.75, 3.05) is 6.54 Å². The van der Waals surface area contributed by atoms with Gasteiger partial charge in [-0.2, -0.15) is 18.3 Å². The number of amides is 1. The number of carbonyl (C=O) groups is 4. The van der Waals surface area contributed by atoms with E-state index in [1.165, 1.54) is 24.6 Å². The molecule has 0 radical (unpaired) electrons. The zero-order valence-corrected chi connectivity index (χ0v) is 26.3. The number of ketones is 3. The van der Waals surface area contributed by atoms with Crippen LogP contribution in [-0.4, -0.2) is 61.2 Å². The summed E-state index contributed by atoms with van der Waals surface area (Å²) in [6, 6.07) is 4.61. The molecule has 5 rings (SSSR count). The van der Waals surface area contributed by atoms with Gasteiger partial charge in [0.1, 0.15) is 29.4 Å². The molecule has 0 aliphatic carbocycles. The van der Waals surface area contributed by atoms with Gasteiger partial charge in [0.25, 0.3) is 0 Å². The van der Waals surface area contributed by atoms with Crippen molar-refractivity contribution in [2.24, 2.45) is 0 Å². The molecule has 46 heavy (non-hydrogen) atoms. The fraction of sp³-hybridized carbons (Fsp3) is 0.529. The second kappa shape index (κ2) is 13.0. The first-order chi connectivity index (χ1) is 21.6. The number of aryl methyl sites for hydroxylation is 3. The number of pyridine rings is 1. The number of benzene rings is 1. The van der Waals surface area contributed by atoms with Gasteiger partial charge in [-0.05, 0) is 62.8 Å². The van der Waals surface area contributed by atoms with E-state index in [1.54, 1.807) is 0 Å². The first-order valence-electron chi connectivity index (χ1n) is 15.7. The van der Waals surface area contributed by atoms with Gasteiger partial charge in [-0.25, -0.2) is 9.37 Å². The number of carbonyl (C=O) groups excluding carboxylic acids is 4. The molecule has 0 spiro atoms. The summed E-state index contributed by atoms with van der Waals surface area (Å²) in [6.45, 7) is 4.02. The normalized spacial score (nSPS) is 21.9.